The van der Waals surface area contributed by atoms with Crippen molar-refractivity contribution < 1.29 is 6.17 Å². The number of Topliss-reactive ketones (excluding diaryl/α,β-unsaturated/α-hetero) is 1. The smallest absolute Gasteiger partial charge is 0.176 e. The second-order valence-corrected chi connectivity index (χ2v) is 3.11. The number of aryl methyl sites for hydroxylation is 1. The molecule has 0 aliphatic carbocycles. The maximum Gasteiger partial charge on any atom is 0.176 e. The second-order valence-electron chi connectivity index (χ2n) is 3.11. The van der Waals surface area contributed by atoms with Gasteiger partial charge in [0.15, 0.2) is 5.78 Å². The van der Waals surface area contributed by atoms with E-state index in [1.165, 1.54) is 6.92 Å². The first-order chi connectivity index (χ1) is 6.63. The van der Waals surface area contributed by atoms with Gasteiger partial charge in [0.25, 0.3) is 0 Å². The van der Waals surface area contributed by atoms with Crippen LogP contribution in [0.5, 0.6) is 0 Å². The first kappa shape index (κ1) is 6.89. The van der Waals surface area contributed by atoms with E-state index in [4.69, 9.17) is 1.37 Å². The third-order valence-corrected chi connectivity index (χ3v) is 2.19. The van der Waals surface area contributed by atoms with Gasteiger partial charge in [-0.05, 0) is 12.1 Å². The lowest BCUT2D eigenvalue weighted by molar-refractivity contribution is 0.101. The Kier molecular flexibility index (Phi) is 1.45. The van der Waals surface area contributed by atoms with E-state index in [0.717, 1.165) is 10.9 Å². The number of para-hydroxylation sites is 1. The van der Waals surface area contributed by atoms with Crippen LogP contribution in [0.2, 0.25) is 0 Å². The van der Waals surface area contributed by atoms with E-state index < -0.39 is 0 Å². The Bertz CT molecular complexity index is 474. The van der Waals surface area contributed by atoms with E-state index in [1.807, 2.05) is 31.3 Å². The minimum absolute atomic E-state index is 0.0614. The summed E-state index contributed by atoms with van der Waals surface area (Å²) in [6.07, 6.45) is 0. The van der Waals surface area contributed by atoms with Crippen molar-refractivity contribution in [3.05, 3.63) is 36.0 Å². The van der Waals surface area contributed by atoms with Crippen molar-refractivity contribution in [1.82, 2.24) is 4.57 Å². The minimum Gasteiger partial charge on any atom is -0.341 e. The molecule has 2 aromatic rings. The number of ketones is 1. The summed E-state index contributed by atoms with van der Waals surface area (Å²) in [6, 6.07) is 7.90. The monoisotopic (exact) mass is 174 g/mol. The van der Waals surface area contributed by atoms with Crippen LogP contribution in [0.4, 0.5) is 0 Å². The molecule has 0 atom stereocenters. The Morgan fingerprint density at radius 1 is 1.46 bits per heavy atom. The molecule has 0 saturated carbocycles. The lowest BCUT2D eigenvalue weighted by Crippen LogP contribution is -2.00. The molecule has 0 N–H and O–H groups in total. The number of aromatic nitrogens is 1. The molecule has 0 fully saturated rings. The predicted octanol–water partition coefficient (Wildman–Crippen LogP) is 2.38. The summed E-state index contributed by atoms with van der Waals surface area (Å²) in [5, 5.41) is 0.834. The Labute approximate surface area is 78.2 Å². The van der Waals surface area contributed by atoms with Gasteiger partial charge in [0.2, 0.25) is 0 Å². The number of fused-ring (bicyclic) bond motifs is 1. The van der Waals surface area contributed by atoms with Gasteiger partial charge in [-0.25, -0.2) is 0 Å². The van der Waals surface area contributed by atoms with Crippen LogP contribution in [-0.4, -0.2) is 10.4 Å². The first-order valence-electron chi connectivity index (χ1n) is 4.68. The molecule has 0 radical (unpaired) electrons. The molecule has 2 nitrogen and oxygen atoms in total. The average Bonchev–Trinajstić information content (AvgIpc) is 2.41. The van der Waals surface area contributed by atoms with Crippen molar-refractivity contribution in [3.8, 4) is 0 Å². The summed E-state index contributed by atoms with van der Waals surface area (Å²) in [5.74, 6) is -0.0614. The summed E-state index contributed by atoms with van der Waals surface area (Å²) >= 11 is 0. The van der Waals surface area contributed by atoms with E-state index in [9.17, 15) is 4.79 Å². The molecule has 0 amide bonds. The topological polar surface area (TPSA) is 22.0 Å². The molecule has 0 spiro atoms. The number of rotatable bonds is 1. The largest absolute Gasteiger partial charge is 0.341 e. The molecule has 1 aromatic heterocycles. The summed E-state index contributed by atoms with van der Waals surface area (Å²) < 4.78 is 9.63. The number of carbonyl (C=O) groups is 1. The molecule has 0 aliphatic rings. The lowest BCUT2D eigenvalue weighted by Gasteiger charge is -1.98. The number of carbonyl (C=O) groups excluding carboxylic acids is 1. The average molecular weight is 174 g/mol. The van der Waals surface area contributed by atoms with Gasteiger partial charge < -0.3 is 4.57 Å². The van der Waals surface area contributed by atoms with E-state index >= 15 is 0 Å². The number of benzene rings is 1. The fourth-order valence-electron chi connectivity index (χ4n) is 1.53. The van der Waals surface area contributed by atoms with Gasteiger partial charge in [0.1, 0.15) is 0 Å². The zero-order valence-electron chi connectivity index (χ0n) is 8.66. The van der Waals surface area contributed by atoms with Crippen LogP contribution in [0.1, 0.15) is 18.8 Å². The molecule has 0 aliphatic heterocycles. The van der Waals surface area contributed by atoms with Gasteiger partial charge in [-0.2, -0.15) is 0 Å². The normalized spacial score (nSPS) is 11.7. The molecule has 0 unspecified atom stereocenters. The zero-order chi connectivity index (χ0) is 10.3. The van der Waals surface area contributed by atoms with Crippen LogP contribution < -0.4 is 0 Å². The van der Waals surface area contributed by atoms with Crippen LogP contribution in [0, 0.1) is 0 Å². The van der Waals surface area contributed by atoms with Crippen LogP contribution in [0.15, 0.2) is 30.3 Å². The van der Waals surface area contributed by atoms with Gasteiger partial charge >= 0.3 is 0 Å². The van der Waals surface area contributed by atoms with Crippen LogP contribution >= 0.6 is 0 Å². The zero-order valence-corrected chi connectivity index (χ0v) is 7.66. The third kappa shape index (κ3) is 1.15. The molecule has 0 bridgehead atoms. The lowest BCUT2D eigenvalue weighted by atomic mass is 10.2. The fraction of sp³-hybridized carbons (Fsp3) is 0.182. The van der Waals surface area contributed by atoms with Crippen LogP contribution in [0.25, 0.3) is 10.9 Å². The van der Waals surface area contributed by atoms with E-state index in [1.54, 1.807) is 4.57 Å². The van der Waals surface area contributed by atoms with Crippen molar-refractivity contribution in [2.75, 3.05) is 0 Å². The molecule has 0 saturated heterocycles. The first-order valence-corrected chi connectivity index (χ1v) is 4.18. The van der Waals surface area contributed by atoms with Gasteiger partial charge in [-0.15, -0.1) is 0 Å². The SMILES string of the molecule is [2H]c1c(C(C)=O)n(C)c2ccccc12. The third-order valence-electron chi connectivity index (χ3n) is 2.19. The molecule has 1 aromatic carbocycles. The number of nitrogens with zero attached hydrogens (tertiary/aromatic N) is 1. The van der Waals surface area contributed by atoms with Crippen molar-refractivity contribution in [3.63, 3.8) is 0 Å². The minimum atomic E-state index is -0.0614. The molecule has 2 heteroatoms. The maximum absolute atomic E-state index is 11.3. The van der Waals surface area contributed by atoms with Crippen molar-refractivity contribution in [1.29, 1.82) is 0 Å². The Balaban J connectivity index is 2.92. The van der Waals surface area contributed by atoms with Crippen molar-refractivity contribution in [2.24, 2.45) is 7.05 Å². The molecule has 13 heavy (non-hydrogen) atoms. The predicted molar refractivity (Wildman–Crippen MR) is 52.9 cm³/mol. The molecular weight excluding hydrogens is 162 g/mol. The Hall–Kier alpha value is -1.57. The summed E-state index contributed by atoms with van der Waals surface area (Å²) in [5.41, 5.74) is 1.41. The van der Waals surface area contributed by atoms with E-state index in [-0.39, 0.29) is 5.78 Å². The fourth-order valence-corrected chi connectivity index (χ4v) is 1.53. The summed E-state index contributed by atoms with van der Waals surface area (Å²) in [4.78, 5) is 11.3. The van der Waals surface area contributed by atoms with Gasteiger partial charge in [-0.3, -0.25) is 4.79 Å². The van der Waals surface area contributed by atoms with E-state index in [2.05, 4.69) is 0 Å². The number of hydrogen-bond acceptors (Lipinski definition) is 1. The van der Waals surface area contributed by atoms with Gasteiger partial charge in [0, 0.05) is 24.9 Å². The second kappa shape index (κ2) is 2.73. The highest BCUT2D eigenvalue weighted by Crippen LogP contribution is 2.18. The van der Waals surface area contributed by atoms with Crippen LogP contribution in [-0.2, 0) is 7.05 Å². The highest BCUT2D eigenvalue weighted by atomic mass is 16.1. The molecule has 2 rings (SSSR count). The Morgan fingerprint density at radius 3 is 2.77 bits per heavy atom. The quantitative estimate of drug-likeness (QED) is 0.608. The highest BCUT2D eigenvalue weighted by molar-refractivity contribution is 5.98. The summed E-state index contributed by atoms with van der Waals surface area (Å²) in [6.45, 7) is 1.49. The van der Waals surface area contributed by atoms with Gasteiger partial charge in [-0.1, -0.05) is 18.2 Å². The Morgan fingerprint density at radius 2 is 2.15 bits per heavy atom. The summed E-state index contributed by atoms with van der Waals surface area (Å²) in [7, 11) is 1.82. The highest BCUT2D eigenvalue weighted by Gasteiger charge is 2.07. The van der Waals surface area contributed by atoms with Crippen LogP contribution in [0.3, 0.4) is 0 Å². The standard InChI is InChI=1S/C11H11NO/c1-8(13)11-7-9-5-3-4-6-10(9)12(11)2/h3-7H,1-2H3/i7D. The molecule has 66 valence electrons. The maximum atomic E-state index is 11.3. The molecule has 1 heterocycles. The van der Waals surface area contributed by atoms with E-state index in [0.29, 0.717) is 11.7 Å². The van der Waals surface area contributed by atoms with Crippen molar-refractivity contribution >= 4 is 16.7 Å². The number of hydrogen-bond donors (Lipinski definition) is 0. The van der Waals surface area contributed by atoms with Crippen molar-refractivity contribution in [2.45, 2.75) is 6.92 Å². The van der Waals surface area contributed by atoms with Gasteiger partial charge in [0.05, 0.1) is 7.06 Å². The molecular formula is C11H11NO.